The van der Waals surface area contributed by atoms with E-state index in [-0.39, 0.29) is 62.2 Å². The van der Waals surface area contributed by atoms with E-state index in [1.807, 2.05) is 13.3 Å². The molecule has 0 spiro atoms. The van der Waals surface area contributed by atoms with Crippen molar-refractivity contribution in [1.82, 2.24) is 5.32 Å². The molecule has 0 saturated carbocycles. The third kappa shape index (κ3) is 10.4. The molecule has 0 bridgehead atoms. The first-order valence-corrected chi connectivity index (χ1v) is 5.92. The van der Waals surface area contributed by atoms with Crippen molar-refractivity contribution in [3.05, 3.63) is 43.4 Å². The van der Waals surface area contributed by atoms with Crippen molar-refractivity contribution < 1.29 is 66.6 Å². The van der Waals surface area contributed by atoms with Gasteiger partial charge in [-0.2, -0.15) is 18.6 Å². The van der Waals surface area contributed by atoms with Gasteiger partial charge in [-0.1, -0.05) is 13.3 Å². The Morgan fingerprint density at radius 2 is 2.25 bits per heavy atom. The predicted octanol–water partition coefficient (Wildman–Crippen LogP) is 2.32. The van der Waals surface area contributed by atoms with Crippen LogP contribution in [0.25, 0.3) is 0 Å². The van der Waals surface area contributed by atoms with Gasteiger partial charge in [0.15, 0.2) is 0 Å². The van der Waals surface area contributed by atoms with Crippen LogP contribution in [0.4, 0.5) is 10.1 Å². The molecule has 0 aliphatic carbocycles. The molecule has 1 aromatic carbocycles. The fourth-order valence-electron chi connectivity index (χ4n) is 1.15. The number of benzene rings is 1. The topological polar surface area (TPSA) is 49.0 Å². The molecule has 1 aliphatic heterocycles. The van der Waals surface area contributed by atoms with Crippen molar-refractivity contribution in [2.24, 2.45) is 0 Å². The first kappa shape index (κ1) is 23.0. The molecule has 1 atom stereocenters. The van der Waals surface area contributed by atoms with Gasteiger partial charge in [0.25, 0.3) is 0 Å². The van der Waals surface area contributed by atoms with E-state index in [9.17, 15) is 4.39 Å². The number of anilines is 1. The van der Waals surface area contributed by atoms with Crippen molar-refractivity contribution in [3.8, 4) is 0 Å². The Bertz CT molecular complexity index is 373. The van der Waals surface area contributed by atoms with E-state index in [4.69, 9.17) is 5.41 Å². The van der Waals surface area contributed by atoms with E-state index < -0.39 is 5.82 Å². The fraction of sp³-hybridized carbons (Fsp3) is 0.357. The summed E-state index contributed by atoms with van der Waals surface area (Å²) in [7, 11) is 0. The number of halogens is 1. The molecule has 1 saturated heterocycles. The molecule has 2 N–H and O–H groups in total. The summed E-state index contributed by atoms with van der Waals surface area (Å²) in [5.74, 6) is -0.417. The molecule has 2 rings (SSSR count). The summed E-state index contributed by atoms with van der Waals surface area (Å²) in [4.78, 5) is 1.54. The van der Waals surface area contributed by atoms with E-state index in [2.05, 4.69) is 24.6 Å². The normalized spacial score (nSPS) is 14.8. The molecule has 1 fully saturated rings. The van der Waals surface area contributed by atoms with Crippen LogP contribution >= 0.6 is 0 Å². The number of rotatable bonds is 5. The van der Waals surface area contributed by atoms with Gasteiger partial charge in [-0.3, -0.25) is 0 Å². The Balaban J connectivity index is 0. The zero-order valence-corrected chi connectivity index (χ0v) is 19.9. The summed E-state index contributed by atoms with van der Waals surface area (Å²) in [6.45, 7) is 7.35. The van der Waals surface area contributed by atoms with Gasteiger partial charge in [-0.15, -0.1) is 18.7 Å². The average molecular weight is 723 g/mol. The largest absolute Gasteiger partial charge is 2.00 e. The summed E-state index contributed by atoms with van der Waals surface area (Å²) < 4.78 is 12.8. The molecule has 0 amide bonds. The molecule has 0 aromatic heterocycles. The smallest absolute Gasteiger partial charge is 0.541 e. The minimum absolute atomic E-state index is 0. The first-order valence-electron chi connectivity index (χ1n) is 5.92. The number of hydrogen-bond donors (Lipinski definition) is 2. The molecule has 20 heavy (non-hydrogen) atoms. The first-order chi connectivity index (χ1) is 8.67. The second-order valence-electron chi connectivity index (χ2n) is 3.92. The number of unbranched alkanes of at least 4 members (excludes halogenated alkanes) is 1. The maximum absolute atomic E-state index is 12.8. The van der Waals surface area contributed by atoms with Gasteiger partial charge in [-0.05, 0) is 12.4 Å². The zero-order valence-electron chi connectivity index (χ0n) is 11.5. The molecule has 1 heterocycles. The van der Waals surface area contributed by atoms with E-state index in [0.29, 0.717) is 18.3 Å². The minimum Gasteiger partial charge on any atom is -0.541 e. The molecule has 1 unspecified atom stereocenters. The van der Waals surface area contributed by atoms with Gasteiger partial charge in [0, 0.05) is 0 Å². The van der Waals surface area contributed by atoms with Crippen LogP contribution in [0.1, 0.15) is 13.3 Å². The summed E-state index contributed by atoms with van der Waals surface area (Å²) in [6, 6.07) is 7.54. The van der Waals surface area contributed by atoms with Crippen LogP contribution < -0.4 is 10.2 Å². The van der Waals surface area contributed by atoms with E-state index >= 15 is 0 Å². The summed E-state index contributed by atoms with van der Waals surface area (Å²) in [6.07, 6.45) is 5.16. The van der Waals surface area contributed by atoms with E-state index in [1.54, 1.807) is 11.0 Å². The molecular formula is C14H18FN3U2. The van der Waals surface area contributed by atoms with Crippen LogP contribution in [0.3, 0.4) is 0 Å². The van der Waals surface area contributed by atoms with Gasteiger partial charge in [0.05, 0.1) is 0 Å². The molecule has 0 radical (unpaired) electrons. The monoisotopic (exact) mass is 723 g/mol. The summed E-state index contributed by atoms with van der Waals surface area (Å²) in [5, 5.41) is 10.1. The number of nitrogens with zero attached hydrogens (tertiary/aromatic N) is 1. The molecular weight excluding hydrogens is 705 g/mol. The van der Waals surface area contributed by atoms with Crippen molar-refractivity contribution in [1.29, 1.82) is 5.41 Å². The maximum Gasteiger partial charge on any atom is 2.00 e. The molecule has 104 valence electrons. The standard InChI is InChI=1S/C11H12FN2.C3H6N.2U/c1-2-3-7-14(9-13)11-6-4-5-10(12)8-11;1-3-2-4-3;;/h3-4,6,8,13H,2,7H2,1H3;3-4H,1-2H2;;/q-3;-1;2*+2. The zero-order chi connectivity index (χ0) is 13.4. The Labute approximate surface area is 168 Å². The molecule has 1 aliphatic rings. The quantitative estimate of drug-likeness (QED) is 0.161. The van der Waals surface area contributed by atoms with Gasteiger partial charge >= 0.3 is 62.2 Å². The Hall–Kier alpha value is 0.684. The van der Waals surface area contributed by atoms with Gasteiger partial charge in [-0.25, -0.2) is 16.1 Å². The van der Waals surface area contributed by atoms with Gasteiger partial charge < -0.3 is 29.0 Å². The minimum atomic E-state index is -0.417. The Morgan fingerprint density at radius 3 is 2.65 bits per heavy atom. The molecule has 6 heteroatoms. The van der Waals surface area contributed by atoms with Crippen molar-refractivity contribution in [2.45, 2.75) is 19.4 Å². The van der Waals surface area contributed by atoms with Crippen molar-refractivity contribution in [2.75, 3.05) is 18.0 Å². The third-order valence-corrected chi connectivity index (χ3v) is 2.29. The Morgan fingerprint density at radius 1 is 1.65 bits per heavy atom. The summed E-state index contributed by atoms with van der Waals surface area (Å²) in [5.41, 5.74) is 0.626. The SMILES string of the molecule is CC[CH-]CN([C-]=N)c1cc[c-]c(F)c1.[CH2-]C1CN1.[U+2].[U+2]. The predicted molar refractivity (Wildman–Crippen MR) is 72.0 cm³/mol. The summed E-state index contributed by atoms with van der Waals surface area (Å²) >= 11 is 0. The van der Waals surface area contributed by atoms with Gasteiger partial charge in [0.1, 0.15) is 0 Å². The fourth-order valence-corrected chi connectivity index (χ4v) is 1.15. The van der Waals surface area contributed by atoms with E-state index in [1.165, 1.54) is 12.1 Å². The second kappa shape index (κ2) is 13.4. The number of nitrogens with one attached hydrogen (secondary N) is 2. The Kier molecular flexibility index (Phi) is 15.3. The van der Waals surface area contributed by atoms with Crippen molar-refractivity contribution in [3.63, 3.8) is 0 Å². The number of hydrogen-bond acceptors (Lipinski definition) is 2. The van der Waals surface area contributed by atoms with Crippen LogP contribution in [-0.2, 0) is 0 Å². The van der Waals surface area contributed by atoms with E-state index in [0.717, 1.165) is 13.0 Å². The third-order valence-electron chi connectivity index (χ3n) is 2.29. The average Bonchev–Trinajstić information content (AvgIpc) is 3.14. The van der Waals surface area contributed by atoms with Gasteiger partial charge in [0.2, 0.25) is 0 Å². The van der Waals surface area contributed by atoms with Crippen LogP contribution in [0.5, 0.6) is 0 Å². The maximum atomic E-state index is 12.8. The van der Waals surface area contributed by atoms with Crippen LogP contribution in [0, 0.1) is 92.9 Å². The second-order valence-corrected chi connectivity index (χ2v) is 3.92. The molecule has 1 aromatic rings. The van der Waals surface area contributed by atoms with Crippen molar-refractivity contribution >= 4 is 12.0 Å². The van der Waals surface area contributed by atoms with Crippen LogP contribution in [-0.4, -0.2) is 25.5 Å². The van der Waals surface area contributed by atoms with Crippen LogP contribution in [0.15, 0.2) is 18.2 Å². The van der Waals surface area contributed by atoms with Crippen LogP contribution in [0.2, 0.25) is 0 Å². The molecule has 3 nitrogen and oxygen atoms in total.